The van der Waals surface area contributed by atoms with Gasteiger partial charge in [-0.1, -0.05) is 56.3 Å². The Labute approximate surface area is 210 Å². The molecule has 0 bridgehead atoms. The maximum absolute atomic E-state index is 13.8. The van der Waals surface area contributed by atoms with Gasteiger partial charge < -0.3 is 5.11 Å². The summed E-state index contributed by atoms with van der Waals surface area (Å²) in [5.74, 6) is -0.841. The molecule has 1 N–H and O–H groups in total. The number of fused-ring (bicyclic) bond motifs is 3. The molecule has 0 atom stereocenters. The van der Waals surface area contributed by atoms with Crippen LogP contribution in [-0.4, -0.2) is 28.2 Å². The normalized spacial score (nSPS) is 11.5. The number of aryl methyl sites for hydroxylation is 1. The number of aromatic nitrogens is 5. The van der Waals surface area contributed by atoms with E-state index in [9.17, 15) is 23.9 Å². The van der Waals surface area contributed by atoms with E-state index in [1.807, 2.05) is 13.8 Å². The number of hydrogen-bond donors (Lipinski definition) is 1. The van der Waals surface area contributed by atoms with Crippen LogP contribution < -0.4 is 16.8 Å². The Morgan fingerprint density at radius 2 is 1.49 bits per heavy atom. The Morgan fingerprint density at radius 1 is 0.838 bits per heavy atom. The van der Waals surface area contributed by atoms with Crippen LogP contribution in [0.5, 0.6) is 5.88 Å². The van der Waals surface area contributed by atoms with Crippen LogP contribution in [0.3, 0.4) is 0 Å². The monoisotopic (exact) mass is 503 g/mol. The summed E-state index contributed by atoms with van der Waals surface area (Å²) in [5.41, 5.74) is -0.439. The highest BCUT2D eigenvalue weighted by atomic mass is 19.1. The zero-order valence-electron chi connectivity index (χ0n) is 20.5. The van der Waals surface area contributed by atoms with E-state index < -0.39 is 28.5 Å². The molecule has 0 aliphatic rings. The fraction of sp³-hybridized carbons (Fsp3) is 0.259. The number of hydrogen-bond acceptors (Lipinski definition) is 5. The Balaban J connectivity index is 1.97. The molecule has 0 saturated carbocycles. The van der Waals surface area contributed by atoms with Crippen LogP contribution in [0.4, 0.5) is 4.39 Å². The fourth-order valence-corrected chi connectivity index (χ4v) is 4.66. The molecule has 5 aromatic rings. The maximum atomic E-state index is 13.8. The highest BCUT2D eigenvalue weighted by Gasteiger charge is 2.26. The smallest absolute Gasteiger partial charge is 0.332 e. The van der Waals surface area contributed by atoms with E-state index in [-0.39, 0.29) is 35.6 Å². The SMILES string of the molecule is CCCn1c(=O)c2c(nc3n(Cc4ccc(F)cc4)c(=O)c(-c4ccccc4)c(O)n23)n(CCC)c1=O. The molecule has 190 valence electrons. The van der Waals surface area contributed by atoms with Crippen molar-refractivity contribution in [3.8, 4) is 17.0 Å². The molecular formula is C27H26FN5O4. The lowest BCUT2D eigenvalue weighted by Gasteiger charge is -2.14. The first-order valence-electron chi connectivity index (χ1n) is 12.2. The fourth-order valence-electron chi connectivity index (χ4n) is 4.66. The van der Waals surface area contributed by atoms with Crippen molar-refractivity contribution in [2.24, 2.45) is 0 Å². The van der Waals surface area contributed by atoms with E-state index in [2.05, 4.69) is 4.98 Å². The minimum Gasteiger partial charge on any atom is -0.494 e. The summed E-state index contributed by atoms with van der Waals surface area (Å²) >= 11 is 0. The van der Waals surface area contributed by atoms with Crippen molar-refractivity contribution in [2.45, 2.75) is 46.3 Å². The molecular weight excluding hydrogens is 477 g/mol. The summed E-state index contributed by atoms with van der Waals surface area (Å²) in [6.07, 6.45) is 1.16. The molecule has 37 heavy (non-hydrogen) atoms. The van der Waals surface area contributed by atoms with Crippen molar-refractivity contribution in [2.75, 3.05) is 0 Å². The number of imidazole rings is 1. The van der Waals surface area contributed by atoms with E-state index in [0.717, 1.165) is 4.57 Å². The van der Waals surface area contributed by atoms with Gasteiger partial charge in [0.2, 0.25) is 11.7 Å². The highest BCUT2D eigenvalue weighted by Crippen LogP contribution is 2.29. The van der Waals surface area contributed by atoms with E-state index in [0.29, 0.717) is 30.5 Å². The third-order valence-corrected chi connectivity index (χ3v) is 6.35. The van der Waals surface area contributed by atoms with Gasteiger partial charge in [-0.2, -0.15) is 4.98 Å². The average molecular weight is 504 g/mol. The van der Waals surface area contributed by atoms with Crippen molar-refractivity contribution in [3.63, 3.8) is 0 Å². The summed E-state index contributed by atoms with van der Waals surface area (Å²) in [5, 5.41) is 11.5. The third-order valence-electron chi connectivity index (χ3n) is 6.35. The molecule has 5 rings (SSSR count). The number of aromatic hydroxyl groups is 1. The lowest BCUT2D eigenvalue weighted by Crippen LogP contribution is -2.40. The summed E-state index contributed by atoms with van der Waals surface area (Å²) < 4.78 is 18.7. The van der Waals surface area contributed by atoms with Gasteiger partial charge in [0.25, 0.3) is 11.1 Å². The van der Waals surface area contributed by atoms with Gasteiger partial charge in [-0.05, 0) is 36.1 Å². The molecule has 10 heteroatoms. The van der Waals surface area contributed by atoms with E-state index >= 15 is 0 Å². The largest absolute Gasteiger partial charge is 0.494 e. The first-order chi connectivity index (χ1) is 17.9. The van der Waals surface area contributed by atoms with Gasteiger partial charge in [-0.3, -0.25) is 23.3 Å². The Hall–Kier alpha value is -4.47. The lowest BCUT2D eigenvalue weighted by molar-refractivity contribution is 0.445. The van der Waals surface area contributed by atoms with Crippen LogP contribution in [0.1, 0.15) is 32.3 Å². The van der Waals surface area contributed by atoms with Crippen LogP contribution in [0.15, 0.2) is 69.0 Å². The van der Waals surface area contributed by atoms with Crippen molar-refractivity contribution in [1.82, 2.24) is 23.1 Å². The zero-order chi connectivity index (χ0) is 26.3. The lowest BCUT2D eigenvalue weighted by atomic mass is 10.1. The average Bonchev–Trinajstić information content (AvgIpc) is 3.30. The van der Waals surface area contributed by atoms with Crippen molar-refractivity contribution >= 4 is 16.9 Å². The second kappa shape index (κ2) is 9.53. The first-order valence-corrected chi connectivity index (χ1v) is 12.2. The molecule has 0 aliphatic carbocycles. The number of halogens is 1. The molecule has 2 aromatic carbocycles. The topological polar surface area (TPSA) is 104 Å². The van der Waals surface area contributed by atoms with Crippen LogP contribution in [0, 0.1) is 5.82 Å². The molecule has 0 spiro atoms. The second-order valence-corrected chi connectivity index (χ2v) is 8.89. The van der Waals surface area contributed by atoms with Gasteiger partial charge in [-0.25, -0.2) is 13.6 Å². The molecule has 9 nitrogen and oxygen atoms in total. The quantitative estimate of drug-likeness (QED) is 0.367. The van der Waals surface area contributed by atoms with Gasteiger partial charge in [-0.15, -0.1) is 0 Å². The Kier molecular flexibility index (Phi) is 6.24. The third kappa shape index (κ3) is 3.94. The predicted octanol–water partition coefficient (Wildman–Crippen LogP) is 3.35. The number of nitrogens with zero attached hydrogens (tertiary/aromatic N) is 5. The van der Waals surface area contributed by atoms with E-state index in [1.54, 1.807) is 42.5 Å². The van der Waals surface area contributed by atoms with Gasteiger partial charge in [0.05, 0.1) is 6.54 Å². The second-order valence-electron chi connectivity index (χ2n) is 8.89. The highest BCUT2D eigenvalue weighted by molar-refractivity contribution is 5.80. The van der Waals surface area contributed by atoms with Crippen molar-refractivity contribution in [3.05, 3.63) is 97.2 Å². The van der Waals surface area contributed by atoms with Crippen LogP contribution in [0.25, 0.3) is 28.1 Å². The van der Waals surface area contributed by atoms with Crippen molar-refractivity contribution < 1.29 is 9.50 Å². The molecule has 3 aromatic heterocycles. The number of rotatable bonds is 7. The van der Waals surface area contributed by atoms with Gasteiger partial charge in [0, 0.05) is 13.1 Å². The van der Waals surface area contributed by atoms with Crippen LogP contribution in [-0.2, 0) is 19.6 Å². The summed E-state index contributed by atoms with van der Waals surface area (Å²) in [7, 11) is 0. The molecule has 0 amide bonds. The zero-order valence-corrected chi connectivity index (χ0v) is 20.5. The van der Waals surface area contributed by atoms with Crippen LogP contribution >= 0.6 is 0 Å². The van der Waals surface area contributed by atoms with Crippen molar-refractivity contribution in [1.29, 1.82) is 0 Å². The first kappa shape index (κ1) is 24.2. The Morgan fingerprint density at radius 3 is 2.14 bits per heavy atom. The standard InChI is InChI=1S/C27H26FN5O4/c1-3-14-30-22-21(25(36)31(15-4-2)27(30)37)33-24(35)20(18-8-6-5-7-9-18)23(34)32(26(33)29-22)16-17-10-12-19(28)13-11-17/h5-13,35H,3-4,14-16H2,1-2H3. The maximum Gasteiger partial charge on any atom is 0.332 e. The molecule has 0 aliphatic heterocycles. The minimum atomic E-state index is -0.594. The molecule has 0 unspecified atom stereocenters. The number of benzene rings is 2. The molecule has 3 heterocycles. The van der Waals surface area contributed by atoms with Gasteiger partial charge in [0.1, 0.15) is 11.4 Å². The van der Waals surface area contributed by atoms with Crippen LogP contribution in [0.2, 0.25) is 0 Å². The Bertz CT molecular complexity index is 1800. The summed E-state index contributed by atoms with van der Waals surface area (Å²) in [6.45, 7) is 4.27. The minimum absolute atomic E-state index is 0.00715. The molecule has 0 saturated heterocycles. The van der Waals surface area contributed by atoms with E-state index in [1.165, 1.54) is 25.7 Å². The van der Waals surface area contributed by atoms with Gasteiger partial charge in [0.15, 0.2) is 11.2 Å². The summed E-state index contributed by atoms with van der Waals surface area (Å²) in [6, 6.07) is 14.3. The molecule has 0 radical (unpaired) electrons. The van der Waals surface area contributed by atoms with Gasteiger partial charge >= 0.3 is 5.69 Å². The summed E-state index contributed by atoms with van der Waals surface area (Å²) in [4.78, 5) is 45.2. The predicted molar refractivity (Wildman–Crippen MR) is 139 cm³/mol. The van der Waals surface area contributed by atoms with E-state index in [4.69, 9.17) is 0 Å². The molecule has 0 fully saturated rings.